The van der Waals surface area contributed by atoms with E-state index in [9.17, 15) is 9.59 Å². The van der Waals surface area contributed by atoms with Crippen LogP contribution in [0.2, 0.25) is 0 Å². The van der Waals surface area contributed by atoms with E-state index in [1.54, 1.807) is 6.92 Å². The fourth-order valence-corrected chi connectivity index (χ4v) is 2.18. The molecule has 5 nitrogen and oxygen atoms in total. The number of H-pyrrole nitrogens is 1. The molecule has 0 aliphatic rings. The maximum atomic E-state index is 12.2. The summed E-state index contributed by atoms with van der Waals surface area (Å²) in [6.07, 6.45) is 0.419. The van der Waals surface area contributed by atoms with Crippen molar-refractivity contribution in [2.24, 2.45) is 5.92 Å². The van der Waals surface area contributed by atoms with Gasteiger partial charge in [-0.05, 0) is 19.4 Å². The lowest BCUT2D eigenvalue weighted by atomic mass is 10.1. The first-order chi connectivity index (χ1) is 9.50. The van der Waals surface area contributed by atoms with Gasteiger partial charge in [0.2, 0.25) is 0 Å². The summed E-state index contributed by atoms with van der Waals surface area (Å²) in [6.45, 7) is 3.84. The van der Waals surface area contributed by atoms with Crippen LogP contribution in [0.3, 0.4) is 0 Å². The first kappa shape index (κ1) is 14.1. The van der Waals surface area contributed by atoms with E-state index in [1.807, 2.05) is 31.2 Å². The zero-order chi connectivity index (χ0) is 14.7. The molecule has 1 aromatic heterocycles. The Hall–Kier alpha value is -2.30. The standard InChI is InChI=1S/C15H18N2O3/c1-9(15(19)20)7-8-16-14(18)13-10(2)17-12-6-4-3-5-11(12)13/h3-6,9,17H,7-8H2,1-2H3,(H,16,18)(H,19,20). The molecule has 0 aliphatic heterocycles. The highest BCUT2D eigenvalue weighted by Crippen LogP contribution is 2.21. The number of carboxylic acids is 1. The molecular weight excluding hydrogens is 256 g/mol. The number of aryl methyl sites for hydroxylation is 1. The highest BCUT2D eigenvalue weighted by Gasteiger charge is 2.16. The molecule has 0 spiro atoms. The molecule has 20 heavy (non-hydrogen) atoms. The van der Waals surface area contributed by atoms with E-state index in [0.29, 0.717) is 18.5 Å². The monoisotopic (exact) mass is 274 g/mol. The third-order valence-electron chi connectivity index (χ3n) is 3.41. The number of rotatable bonds is 5. The largest absolute Gasteiger partial charge is 0.481 e. The van der Waals surface area contributed by atoms with Gasteiger partial charge in [0, 0.05) is 23.1 Å². The Morgan fingerprint density at radius 3 is 2.75 bits per heavy atom. The lowest BCUT2D eigenvalue weighted by Gasteiger charge is -2.08. The number of fused-ring (bicyclic) bond motifs is 1. The third kappa shape index (κ3) is 2.82. The van der Waals surface area contributed by atoms with E-state index in [-0.39, 0.29) is 5.91 Å². The fraction of sp³-hybridized carbons (Fsp3) is 0.333. The van der Waals surface area contributed by atoms with Crippen LogP contribution in [0.5, 0.6) is 0 Å². The zero-order valence-corrected chi connectivity index (χ0v) is 11.6. The van der Waals surface area contributed by atoms with Crippen LogP contribution in [0.25, 0.3) is 10.9 Å². The van der Waals surface area contributed by atoms with Crippen molar-refractivity contribution in [3.05, 3.63) is 35.5 Å². The molecule has 1 heterocycles. The van der Waals surface area contributed by atoms with E-state index in [0.717, 1.165) is 16.6 Å². The second-order valence-electron chi connectivity index (χ2n) is 4.95. The number of carbonyl (C=O) groups excluding carboxylic acids is 1. The van der Waals surface area contributed by atoms with Gasteiger partial charge in [-0.2, -0.15) is 0 Å². The molecule has 1 atom stereocenters. The maximum absolute atomic E-state index is 12.2. The molecule has 0 radical (unpaired) electrons. The Kier molecular flexibility index (Phi) is 4.08. The van der Waals surface area contributed by atoms with E-state index < -0.39 is 11.9 Å². The second kappa shape index (κ2) is 5.77. The quantitative estimate of drug-likeness (QED) is 0.782. The van der Waals surface area contributed by atoms with Crippen molar-refractivity contribution in [2.75, 3.05) is 6.54 Å². The molecule has 5 heteroatoms. The molecule has 0 saturated heterocycles. The van der Waals surface area contributed by atoms with E-state index in [1.165, 1.54) is 0 Å². The van der Waals surface area contributed by atoms with Crippen molar-refractivity contribution in [2.45, 2.75) is 20.3 Å². The highest BCUT2D eigenvalue weighted by molar-refractivity contribution is 6.08. The Morgan fingerprint density at radius 2 is 2.05 bits per heavy atom. The molecule has 0 saturated carbocycles. The topological polar surface area (TPSA) is 82.2 Å². The number of para-hydroxylation sites is 1. The van der Waals surface area contributed by atoms with Gasteiger partial charge in [0.1, 0.15) is 0 Å². The predicted molar refractivity (Wildman–Crippen MR) is 76.8 cm³/mol. The minimum Gasteiger partial charge on any atom is -0.481 e. The van der Waals surface area contributed by atoms with Crippen molar-refractivity contribution >= 4 is 22.8 Å². The highest BCUT2D eigenvalue weighted by atomic mass is 16.4. The maximum Gasteiger partial charge on any atom is 0.306 e. The van der Waals surface area contributed by atoms with Crippen molar-refractivity contribution in [1.29, 1.82) is 0 Å². The number of aromatic nitrogens is 1. The third-order valence-corrected chi connectivity index (χ3v) is 3.41. The summed E-state index contributed by atoms with van der Waals surface area (Å²) in [6, 6.07) is 7.62. The number of benzene rings is 1. The summed E-state index contributed by atoms with van der Waals surface area (Å²) >= 11 is 0. The Balaban J connectivity index is 2.08. The number of nitrogens with one attached hydrogen (secondary N) is 2. The number of carboxylic acid groups (broad SMARTS) is 1. The van der Waals surface area contributed by atoms with Gasteiger partial charge in [-0.15, -0.1) is 0 Å². The molecule has 1 amide bonds. The van der Waals surface area contributed by atoms with Gasteiger partial charge in [-0.25, -0.2) is 0 Å². The Labute approximate surface area is 117 Å². The Morgan fingerprint density at radius 1 is 1.35 bits per heavy atom. The summed E-state index contributed by atoms with van der Waals surface area (Å²) in [4.78, 5) is 26.1. The summed E-state index contributed by atoms with van der Waals surface area (Å²) < 4.78 is 0. The molecule has 0 fully saturated rings. The summed E-state index contributed by atoms with van der Waals surface area (Å²) in [5.74, 6) is -1.47. The zero-order valence-electron chi connectivity index (χ0n) is 11.6. The van der Waals surface area contributed by atoms with E-state index >= 15 is 0 Å². The molecule has 1 aromatic carbocycles. The number of hydrogen-bond donors (Lipinski definition) is 3. The molecule has 0 bridgehead atoms. The van der Waals surface area contributed by atoms with Crippen LogP contribution in [0.1, 0.15) is 29.4 Å². The smallest absolute Gasteiger partial charge is 0.306 e. The molecular formula is C15H18N2O3. The number of aliphatic carboxylic acids is 1. The lowest BCUT2D eigenvalue weighted by molar-refractivity contribution is -0.141. The van der Waals surface area contributed by atoms with Crippen LogP contribution in [0.15, 0.2) is 24.3 Å². The van der Waals surface area contributed by atoms with Gasteiger partial charge in [0.05, 0.1) is 11.5 Å². The van der Waals surface area contributed by atoms with Crippen molar-refractivity contribution in [3.63, 3.8) is 0 Å². The second-order valence-corrected chi connectivity index (χ2v) is 4.95. The minimum atomic E-state index is -0.845. The fourth-order valence-electron chi connectivity index (χ4n) is 2.18. The summed E-state index contributed by atoms with van der Waals surface area (Å²) in [5, 5.41) is 12.5. The van der Waals surface area contributed by atoms with Crippen LogP contribution in [-0.4, -0.2) is 28.5 Å². The molecule has 2 rings (SSSR count). The van der Waals surface area contributed by atoms with Crippen LogP contribution < -0.4 is 5.32 Å². The van der Waals surface area contributed by atoms with Crippen LogP contribution in [0, 0.1) is 12.8 Å². The van der Waals surface area contributed by atoms with Gasteiger partial charge in [-0.1, -0.05) is 25.1 Å². The Bertz CT molecular complexity index is 646. The SMILES string of the molecule is Cc1[nH]c2ccccc2c1C(=O)NCCC(C)C(=O)O. The van der Waals surface area contributed by atoms with Crippen molar-refractivity contribution in [3.8, 4) is 0 Å². The number of aromatic amines is 1. The van der Waals surface area contributed by atoms with E-state index in [2.05, 4.69) is 10.3 Å². The van der Waals surface area contributed by atoms with Crippen LogP contribution >= 0.6 is 0 Å². The molecule has 0 aliphatic carbocycles. The molecule has 3 N–H and O–H groups in total. The average molecular weight is 274 g/mol. The van der Waals surface area contributed by atoms with Gasteiger partial charge >= 0.3 is 5.97 Å². The van der Waals surface area contributed by atoms with Crippen molar-refractivity contribution in [1.82, 2.24) is 10.3 Å². The summed E-state index contributed by atoms with van der Waals surface area (Å²) in [5.41, 5.74) is 2.37. The van der Waals surface area contributed by atoms with Gasteiger partial charge in [-0.3, -0.25) is 9.59 Å². The van der Waals surface area contributed by atoms with Gasteiger partial charge in [0.25, 0.3) is 5.91 Å². The number of hydrogen-bond acceptors (Lipinski definition) is 2. The molecule has 1 unspecified atom stereocenters. The number of carbonyl (C=O) groups is 2. The molecule has 106 valence electrons. The minimum absolute atomic E-state index is 0.169. The van der Waals surface area contributed by atoms with Crippen molar-refractivity contribution < 1.29 is 14.7 Å². The van der Waals surface area contributed by atoms with Crippen LogP contribution in [0.4, 0.5) is 0 Å². The molecule has 2 aromatic rings. The average Bonchev–Trinajstić information content (AvgIpc) is 2.74. The first-order valence-electron chi connectivity index (χ1n) is 6.59. The number of amides is 1. The first-order valence-corrected chi connectivity index (χ1v) is 6.59. The lowest BCUT2D eigenvalue weighted by Crippen LogP contribution is -2.27. The van der Waals surface area contributed by atoms with Gasteiger partial charge < -0.3 is 15.4 Å². The van der Waals surface area contributed by atoms with E-state index in [4.69, 9.17) is 5.11 Å². The van der Waals surface area contributed by atoms with Crippen LogP contribution in [-0.2, 0) is 4.79 Å². The summed E-state index contributed by atoms with van der Waals surface area (Å²) in [7, 11) is 0. The van der Waals surface area contributed by atoms with Gasteiger partial charge in [0.15, 0.2) is 0 Å². The predicted octanol–water partition coefficient (Wildman–Crippen LogP) is 2.32. The normalized spacial score (nSPS) is 12.3.